The van der Waals surface area contributed by atoms with Crippen LogP contribution in [0.3, 0.4) is 0 Å². The Balaban J connectivity index is 1.48. The molecule has 7 nitrogen and oxygen atoms in total. The van der Waals surface area contributed by atoms with Crippen molar-refractivity contribution in [3.05, 3.63) is 29.8 Å². The lowest BCUT2D eigenvalue weighted by atomic mass is 9.81. The number of nitrogens with zero attached hydrogens (tertiary/aromatic N) is 1. The second-order valence-corrected chi connectivity index (χ2v) is 7.33. The Labute approximate surface area is 166 Å². The van der Waals surface area contributed by atoms with Crippen molar-refractivity contribution < 1.29 is 32.7 Å². The van der Waals surface area contributed by atoms with Gasteiger partial charge in [-0.2, -0.15) is 0 Å². The molecule has 1 aromatic carbocycles. The van der Waals surface area contributed by atoms with Crippen molar-refractivity contribution in [3.8, 4) is 0 Å². The molecule has 2 aliphatic rings. The van der Waals surface area contributed by atoms with Crippen LogP contribution >= 0.6 is 0 Å². The van der Waals surface area contributed by atoms with Crippen LogP contribution < -0.4 is 5.32 Å². The van der Waals surface area contributed by atoms with E-state index in [0.29, 0.717) is 12.8 Å². The molecule has 0 spiro atoms. The van der Waals surface area contributed by atoms with Crippen LogP contribution in [-0.4, -0.2) is 41.2 Å². The predicted octanol–water partition coefficient (Wildman–Crippen LogP) is 2.40. The molecule has 0 unspecified atom stereocenters. The van der Waals surface area contributed by atoms with Gasteiger partial charge < -0.3 is 10.1 Å². The highest BCUT2D eigenvalue weighted by molar-refractivity contribution is 6.05. The maximum atomic E-state index is 13.2. The molecular formula is C20H22F2N2O5. The molecule has 29 heavy (non-hydrogen) atoms. The lowest BCUT2D eigenvalue weighted by Gasteiger charge is -2.19. The molecule has 1 heterocycles. The van der Waals surface area contributed by atoms with E-state index >= 15 is 0 Å². The number of benzene rings is 1. The van der Waals surface area contributed by atoms with E-state index in [0.717, 1.165) is 29.9 Å². The normalized spacial score (nSPS) is 22.2. The SMILES string of the molecule is C[C@H](OC(=O)CCN1C(=O)[C@H]2CCCC[C@@H]2C1=O)C(=O)Nc1ccc(F)c(F)c1. The van der Waals surface area contributed by atoms with Gasteiger partial charge in [0.1, 0.15) is 0 Å². The van der Waals surface area contributed by atoms with E-state index in [1.165, 1.54) is 13.0 Å². The molecular weight excluding hydrogens is 386 g/mol. The zero-order valence-corrected chi connectivity index (χ0v) is 16.0. The number of fused-ring (bicyclic) bond motifs is 1. The lowest BCUT2D eigenvalue weighted by molar-refractivity contribution is -0.154. The summed E-state index contributed by atoms with van der Waals surface area (Å²) in [6, 6.07) is 2.85. The summed E-state index contributed by atoms with van der Waals surface area (Å²) in [6.07, 6.45) is 1.80. The zero-order chi connectivity index (χ0) is 21.1. The molecule has 0 aromatic heterocycles. The molecule has 2 fully saturated rings. The Morgan fingerprint density at radius 1 is 1.14 bits per heavy atom. The first kappa shape index (κ1) is 20.9. The van der Waals surface area contributed by atoms with E-state index in [2.05, 4.69) is 5.32 Å². The molecule has 9 heteroatoms. The van der Waals surface area contributed by atoms with Gasteiger partial charge in [0.25, 0.3) is 5.91 Å². The van der Waals surface area contributed by atoms with E-state index in [4.69, 9.17) is 4.74 Å². The smallest absolute Gasteiger partial charge is 0.308 e. The molecule has 3 rings (SSSR count). The Hall–Kier alpha value is -2.84. The van der Waals surface area contributed by atoms with Gasteiger partial charge in [-0.3, -0.25) is 24.1 Å². The van der Waals surface area contributed by atoms with Gasteiger partial charge in [-0.25, -0.2) is 8.78 Å². The molecule has 1 aromatic rings. The maximum absolute atomic E-state index is 13.2. The second-order valence-electron chi connectivity index (χ2n) is 7.33. The number of hydrogen-bond donors (Lipinski definition) is 1. The van der Waals surface area contributed by atoms with Crippen LogP contribution in [0.25, 0.3) is 0 Å². The summed E-state index contributed by atoms with van der Waals surface area (Å²) in [5, 5.41) is 2.32. The fourth-order valence-electron chi connectivity index (χ4n) is 3.78. The van der Waals surface area contributed by atoms with Crippen LogP contribution in [-0.2, 0) is 23.9 Å². The van der Waals surface area contributed by atoms with Crippen molar-refractivity contribution >= 4 is 29.4 Å². The van der Waals surface area contributed by atoms with E-state index in [9.17, 15) is 28.0 Å². The van der Waals surface area contributed by atoms with E-state index < -0.39 is 29.6 Å². The minimum atomic E-state index is -1.19. The molecule has 1 saturated carbocycles. The van der Waals surface area contributed by atoms with Gasteiger partial charge in [0.05, 0.1) is 18.3 Å². The number of anilines is 1. The molecule has 1 saturated heterocycles. The molecule has 3 amide bonds. The summed E-state index contributed by atoms with van der Waals surface area (Å²) in [5.41, 5.74) is 0.0210. The van der Waals surface area contributed by atoms with Crippen LogP contribution in [0.5, 0.6) is 0 Å². The second kappa shape index (κ2) is 8.67. The third-order valence-corrected chi connectivity index (χ3v) is 5.34. The number of rotatable bonds is 6. The Morgan fingerprint density at radius 2 is 1.76 bits per heavy atom. The van der Waals surface area contributed by atoms with E-state index in [1.807, 2.05) is 0 Å². The van der Waals surface area contributed by atoms with Gasteiger partial charge in [-0.05, 0) is 31.9 Å². The predicted molar refractivity (Wildman–Crippen MR) is 97.3 cm³/mol. The van der Waals surface area contributed by atoms with Crippen molar-refractivity contribution in [1.29, 1.82) is 0 Å². The van der Waals surface area contributed by atoms with Crippen LogP contribution in [0.15, 0.2) is 18.2 Å². The summed E-state index contributed by atoms with van der Waals surface area (Å²) in [6.45, 7) is 1.24. The molecule has 0 radical (unpaired) electrons. The first-order chi connectivity index (χ1) is 13.8. The molecule has 0 bridgehead atoms. The van der Waals surface area contributed by atoms with Gasteiger partial charge in [-0.1, -0.05) is 12.8 Å². The molecule has 3 atom stereocenters. The molecule has 1 N–H and O–H groups in total. The minimum Gasteiger partial charge on any atom is -0.452 e. The van der Waals surface area contributed by atoms with Crippen molar-refractivity contribution in [2.45, 2.75) is 45.1 Å². The fourth-order valence-corrected chi connectivity index (χ4v) is 3.78. The first-order valence-corrected chi connectivity index (χ1v) is 9.58. The number of halogens is 2. The Morgan fingerprint density at radius 3 is 2.34 bits per heavy atom. The number of hydrogen-bond acceptors (Lipinski definition) is 5. The Bertz CT molecular complexity index is 820. The highest BCUT2D eigenvalue weighted by atomic mass is 19.2. The fraction of sp³-hybridized carbons (Fsp3) is 0.500. The lowest BCUT2D eigenvalue weighted by Crippen LogP contribution is -2.35. The van der Waals surface area contributed by atoms with Crippen molar-refractivity contribution in [1.82, 2.24) is 4.90 Å². The molecule has 1 aliphatic heterocycles. The van der Waals surface area contributed by atoms with Gasteiger partial charge in [0, 0.05) is 18.3 Å². The molecule has 156 valence electrons. The minimum absolute atomic E-state index is 0.0210. The summed E-state index contributed by atoms with van der Waals surface area (Å²) in [4.78, 5) is 50.0. The highest BCUT2D eigenvalue weighted by Crippen LogP contribution is 2.37. The number of imide groups is 1. The van der Waals surface area contributed by atoms with Crippen molar-refractivity contribution in [3.63, 3.8) is 0 Å². The number of carbonyl (C=O) groups excluding carboxylic acids is 4. The van der Waals surface area contributed by atoms with E-state index in [1.54, 1.807) is 0 Å². The van der Waals surface area contributed by atoms with Crippen molar-refractivity contribution in [2.24, 2.45) is 11.8 Å². The third-order valence-electron chi connectivity index (χ3n) is 5.34. The molecule has 1 aliphatic carbocycles. The van der Waals surface area contributed by atoms with Crippen LogP contribution in [0.2, 0.25) is 0 Å². The highest BCUT2D eigenvalue weighted by Gasteiger charge is 2.47. The standard InChI is InChI=1S/C20H22F2N2O5/c1-11(18(26)23-12-6-7-15(21)16(22)10-12)29-17(25)8-9-24-19(27)13-4-2-3-5-14(13)20(24)28/h6-7,10-11,13-14H,2-5,8-9H2,1H3,(H,23,26)/t11-,13-,14-/m0/s1. The average Bonchev–Trinajstić information content (AvgIpc) is 2.93. The topological polar surface area (TPSA) is 92.8 Å². The third kappa shape index (κ3) is 4.60. The summed E-state index contributed by atoms with van der Waals surface area (Å²) in [7, 11) is 0. The number of ether oxygens (including phenoxy) is 1. The number of amides is 3. The van der Waals surface area contributed by atoms with Crippen LogP contribution in [0.4, 0.5) is 14.5 Å². The quantitative estimate of drug-likeness (QED) is 0.576. The largest absolute Gasteiger partial charge is 0.452 e. The van der Waals surface area contributed by atoms with Crippen LogP contribution in [0.1, 0.15) is 39.0 Å². The van der Waals surface area contributed by atoms with Gasteiger partial charge >= 0.3 is 5.97 Å². The number of nitrogens with one attached hydrogen (secondary N) is 1. The number of carbonyl (C=O) groups is 4. The van der Waals surface area contributed by atoms with Gasteiger partial charge in [0.15, 0.2) is 17.7 Å². The first-order valence-electron chi connectivity index (χ1n) is 9.58. The Kier molecular flexibility index (Phi) is 6.24. The van der Waals surface area contributed by atoms with Crippen molar-refractivity contribution in [2.75, 3.05) is 11.9 Å². The summed E-state index contributed by atoms with van der Waals surface area (Å²) in [5.74, 6) is -4.67. The van der Waals surface area contributed by atoms with Gasteiger partial charge in [0.2, 0.25) is 11.8 Å². The monoisotopic (exact) mass is 408 g/mol. The van der Waals surface area contributed by atoms with Gasteiger partial charge in [-0.15, -0.1) is 0 Å². The average molecular weight is 408 g/mol. The van der Waals surface area contributed by atoms with E-state index in [-0.39, 0.29) is 42.3 Å². The zero-order valence-electron chi connectivity index (χ0n) is 16.0. The van der Waals surface area contributed by atoms with Crippen LogP contribution in [0, 0.1) is 23.5 Å². The number of esters is 1. The summed E-state index contributed by atoms with van der Waals surface area (Å²) >= 11 is 0. The maximum Gasteiger partial charge on any atom is 0.308 e. The summed E-state index contributed by atoms with van der Waals surface area (Å²) < 4.78 is 31.1. The number of likely N-dealkylation sites (tertiary alicyclic amines) is 1.